The lowest BCUT2D eigenvalue weighted by Gasteiger charge is -2.23. The highest BCUT2D eigenvalue weighted by atomic mass is 79.9. The van der Waals surface area contributed by atoms with Gasteiger partial charge in [-0.25, -0.2) is 0 Å². The van der Waals surface area contributed by atoms with Crippen molar-refractivity contribution in [2.45, 2.75) is 37.4 Å². The van der Waals surface area contributed by atoms with Gasteiger partial charge in [-0.15, -0.1) is 11.3 Å². The van der Waals surface area contributed by atoms with E-state index in [1.54, 1.807) is 11.3 Å². The van der Waals surface area contributed by atoms with E-state index in [-0.39, 0.29) is 10.2 Å². The molecular formula is C16H18Br2S. The monoisotopic (exact) mass is 400 g/mol. The molecule has 102 valence electrons. The van der Waals surface area contributed by atoms with Gasteiger partial charge in [-0.05, 0) is 51.0 Å². The first-order valence-electron chi connectivity index (χ1n) is 6.44. The maximum absolute atomic E-state index is 3.79. The molecule has 1 aromatic heterocycles. The van der Waals surface area contributed by atoms with Crippen molar-refractivity contribution in [2.24, 2.45) is 0 Å². The Bertz CT molecular complexity index is 540. The molecule has 0 N–H and O–H groups in total. The lowest BCUT2D eigenvalue weighted by molar-refractivity contribution is 0.506. The maximum atomic E-state index is 3.79. The standard InChI is InChI=1S/C16H18Br2S/c1-4-16(2,3)12-7-5-11(6-8-12)15(18)13-9-10-14(17)19-13/h5-10,15H,4H2,1-3H3. The average Bonchev–Trinajstić information content (AvgIpc) is 2.85. The van der Waals surface area contributed by atoms with Crippen LogP contribution in [0.1, 0.15) is 48.0 Å². The van der Waals surface area contributed by atoms with Crippen molar-refractivity contribution in [1.29, 1.82) is 0 Å². The highest BCUT2D eigenvalue weighted by Crippen LogP contribution is 2.37. The fraction of sp³-hybridized carbons (Fsp3) is 0.375. The minimum Gasteiger partial charge on any atom is -0.132 e. The molecule has 0 radical (unpaired) electrons. The summed E-state index contributed by atoms with van der Waals surface area (Å²) in [6, 6.07) is 13.3. The summed E-state index contributed by atoms with van der Waals surface area (Å²) in [6.45, 7) is 6.83. The van der Waals surface area contributed by atoms with Crippen LogP contribution >= 0.6 is 43.2 Å². The third-order valence-corrected chi connectivity index (χ3v) is 6.73. The second kappa shape index (κ2) is 6.11. The van der Waals surface area contributed by atoms with E-state index in [9.17, 15) is 0 Å². The molecule has 0 aliphatic carbocycles. The number of hydrogen-bond donors (Lipinski definition) is 0. The molecule has 0 saturated carbocycles. The van der Waals surface area contributed by atoms with E-state index in [1.165, 1.54) is 19.8 Å². The number of thiophene rings is 1. The number of alkyl halides is 1. The Morgan fingerprint density at radius 1 is 1.11 bits per heavy atom. The summed E-state index contributed by atoms with van der Waals surface area (Å²) in [6.07, 6.45) is 1.15. The normalized spacial score (nSPS) is 13.5. The van der Waals surface area contributed by atoms with Crippen molar-refractivity contribution in [3.8, 4) is 0 Å². The van der Waals surface area contributed by atoms with Crippen molar-refractivity contribution in [3.05, 3.63) is 56.2 Å². The van der Waals surface area contributed by atoms with Crippen LogP contribution in [0.15, 0.2) is 40.2 Å². The number of benzene rings is 1. The first-order valence-corrected chi connectivity index (χ1v) is 8.96. The van der Waals surface area contributed by atoms with E-state index >= 15 is 0 Å². The lowest BCUT2D eigenvalue weighted by atomic mass is 9.82. The van der Waals surface area contributed by atoms with Gasteiger partial charge in [0, 0.05) is 4.88 Å². The van der Waals surface area contributed by atoms with Crippen LogP contribution in [0.3, 0.4) is 0 Å². The highest BCUT2D eigenvalue weighted by molar-refractivity contribution is 9.11. The molecular weight excluding hydrogens is 384 g/mol. The average molecular weight is 402 g/mol. The smallest absolute Gasteiger partial charge is 0.0738 e. The van der Waals surface area contributed by atoms with Gasteiger partial charge < -0.3 is 0 Å². The minimum atomic E-state index is 0.256. The van der Waals surface area contributed by atoms with E-state index in [4.69, 9.17) is 0 Å². The zero-order chi connectivity index (χ0) is 14.0. The van der Waals surface area contributed by atoms with E-state index < -0.39 is 0 Å². The van der Waals surface area contributed by atoms with Gasteiger partial charge in [0.2, 0.25) is 0 Å². The summed E-state index contributed by atoms with van der Waals surface area (Å²) in [5.41, 5.74) is 2.97. The fourth-order valence-electron chi connectivity index (χ4n) is 1.94. The molecule has 1 unspecified atom stereocenters. The molecule has 0 saturated heterocycles. The number of rotatable bonds is 4. The molecule has 1 aromatic carbocycles. The molecule has 1 heterocycles. The van der Waals surface area contributed by atoms with Gasteiger partial charge in [0.05, 0.1) is 8.61 Å². The largest absolute Gasteiger partial charge is 0.132 e. The first kappa shape index (κ1) is 15.3. The van der Waals surface area contributed by atoms with Crippen molar-refractivity contribution < 1.29 is 0 Å². The van der Waals surface area contributed by atoms with Crippen LogP contribution in [-0.2, 0) is 5.41 Å². The zero-order valence-corrected chi connectivity index (χ0v) is 15.4. The zero-order valence-electron chi connectivity index (χ0n) is 11.4. The Morgan fingerprint density at radius 2 is 1.74 bits per heavy atom. The Hall–Kier alpha value is -0.120. The predicted octanol–water partition coefficient (Wildman–Crippen LogP) is 6.68. The van der Waals surface area contributed by atoms with Crippen LogP contribution in [0.25, 0.3) is 0 Å². The Kier molecular flexibility index (Phi) is 4.91. The predicted molar refractivity (Wildman–Crippen MR) is 92.5 cm³/mol. The molecule has 0 nitrogen and oxygen atoms in total. The molecule has 0 bridgehead atoms. The van der Waals surface area contributed by atoms with E-state index in [2.05, 4.69) is 89.0 Å². The van der Waals surface area contributed by atoms with Crippen molar-refractivity contribution in [2.75, 3.05) is 0 Å². The van der Waals surface area contributed by atoms with Crippen LogP contribution in [0.4, 0.5) is 0 Å². The molecule has 0 aliphatic heterocycles. The third-order valence-electron chi connectivity index (χ3n) is 3.71. The van der Waals surface area contributed by atoms with Crippen LogP contribution < -0.4 is 0 Å². The van der Waals surface area contributed by atoms with Crippen molar-refractivity contribution in [1.82, 2.24) is 0 Å². The van der Waals surface area contributed by atoms with Gasteiger partial charge in [0.15, 0.2) is 0 Å². The molecule has 19 heavy (non-hydrogen) atoms. The van der Waals surface area contributed by atoms with E-state index in [1.807, 2.05) is 0 Å². The topological polar surface area (TPSA) is 0 Å². The fourth-order valence-corrected chi connectivity index (χ4v) is 4.10. The van der Waals surface area contributed by atoms with Crippen LogP contribution in [0, 0.1) is 0 Å². The maximum Gasteiger partial charge on any atom is 0.0738 e. The van der Waals surface area contributed by atoms with Gasteiger partial charge in [0.25, 0.3) is 0 Å². The molecule has 0 amide bonds. The number of halogens is 2. The summed E-state index contributed by atoms with van der Waals surface area (Å²) in [5, 5.41) is 0. The quantitative estimate of drug-likeness (QED) is 0.501. The highest BCUT2D eigenvalue weighted by Gasteiger charge is 2.19. The Balaban J connectivity index is 2.23. The van der Waals surface area contributed by atoms with E-state index in [0.29, 0.717) is 0 Å². The summed E-state index contributed by atoms with van der Waals surface area (Å²) < 4.78 is 1.18. The molecule has 2 rings (SSSR count). The van der Waals surface area contributed by atoms with Gasteiger partial charge in [0.1, 0.15) is 0 Å². The molecule has 1 atom stereocenters. The molecule has 0 fully saturated rings. The van der Waals surface area contributed by atoms with Gasteiger partial charge in [-0.1, -0.05) is 61.0 Å². The second-order valence-corrected chi connectivity index (χ2v) is 8.77. The summed E-state index contributed by atoms with van der Waals surface area (Å²) in [4.78, 5) is 1.61. The Labute approximate surface area is 136 Å². The van der Waals surface area contributed by atoms with Gasteiger partial charge in [-0.2, -0.15) is 0 Å². The van der Waals surface area contributed by atoms with E-state index in [0.717, 1.165) is 6.42 Å². The molecule has 3 heteroatoms. The third kappa shape index (κ3) is 3.50. The molecule has 2 aromatic rings. The second-order valence-electron chi connectivity index (χ2n) is 5.36. The lowest BCUT2D eigenvalue weighted by Crippen LogP contribution is -2.15. The van der Waals surface area contributed by atoms with Crippen LogP contribution in [0.5, 0.6) is 0 Å². The van der Waals surface area contributed by atoms with Gasteiger partial charge >= 0.3 is 0 Å². The molecule has 0 spiro atoms. The summed E-state index contributed by atoms with van der Waals surface area (Å²) >= 11 is 9.08. The number of hydrogen-bond acceptors (Lipinski definition) is 1. The summed E-state index contributed by atoms with van der Waals surface area (Å²) in [5.74, 6) is 0. The SMILES string of the molecule is CCC(C)(C)c1ccc(C(Br)c2ccc(Br)s2)cc1. The van der Waals surface area contributed by atoms with Gasteiger partial charge in [-0.3, -0.25) is 0 Å². The van der Waals surface area contributed by atoms with Crippen LogP contribution in [-0.4, -0.2) is 0 Å². The minimum absolute atomic E-state index is 0.256. The summed E-state index contributed by atoms with van der Waals surface area (Å²) in [7, 11) is 0. The first-order chi connectivity index (χ1) is 8.94. The van der Waals surface area contributed by atoms with Crippen molar-refractivity contribution in [3.63, 3.8) is 0 Å². The van der Waals surface area contributed by atoms with Crippen molar-refractivity contribution >= 4 is 43.2 Å². The molecule has 0 aliphatic rings. The Morgan fingerprint density at radius 3 is 2.21 bits per heavy atom. The van der Waals surface area contributed by atoms with Crippen LogP contribution in [0.2, 0.25) is 0 Å².